The van der Waals surface area contributed by atoms with Crippen LogP contribution in [-0.4, -0.2) is 36.6 Å². The van der Waals surface area contributed by atoms with E-state index in [1.54, 1.807) is 0 Å². The molecule has 17 heavy (non-hydrogen) atoms. The summed E-state index contributed by atoms with van der Waals surface area (Å²) in [7, 11) is 0. The zero-order valence-electron chi connectivity index (χ0n) is 9.86. The zero-order chi connectivity index (χ0) is 12.3. The maximum atomic E-state index is 12.1. The number of rotatable bonds is 2. The molecule has 0 N–H and O–H groups in total. The molecule has 0 radical (unpaired) electrons. The molecule has 1 saturated heterocycles. The van der Waals surface area contributed by atoms with Crippen LogP contribution in [0.3, 0.4) is 0 Å². The summed E-state index contributed by atoms with van der Waals surface area (Å²) in [6, 6.07) is 8.07. The largest absolute Gasteiger partial charge is 0.377 e. The van der Waals surface area contributed by atoms with Crippen molar-refractivity contribution in [2.24, 2.45) is 0 Å². The Bertz CT molecular complexity index is 391. The minimum absolute atomic E-state index is 0.183. The lowest BCUT2D eigenvalue weighted by Crippen LogP contribution is -2.47. The number of amides is 1. The molecular weight excluding hydrogens is 282 g/mol. The molecule has 3 nitrogen and oxygen atoms in total. The van der Waals surface area contributed by atoms with Crippen LogP contribution in [0.4, 0.5) is 0 Å². The van der Waals surface area contributed by atoms with Gasteiger partial charge in [-0.15, -0.1) is 0 Å². The molecule has 1 aliphatic rings. The van der Waals surface area contributed by atoms with Crippen molar-refractivity contribution in [3.8, 4) is 0 Å². The lowest BCUT2D eigenvalue weighted by Gasteiger charge is -2.33. The Morgan fingerprint density at radius 3 is 2.82 bits per heavy atom. The van der Waals surface area contributed by atoms with Crippen LogP contribution in [-0.2, 0) is 16.0 Å². The number of ether oxygens (including phenoxy) is 1. The molecule has 92 valence electrons. The maximum Gasteiger partial charge on any atom is 0.227 e. The molecule has 4 heteroatoms. The predicted octanol–water partition coefficient (Wildman–Crippen LogP) is 2.24. The van der Waals surface area contributed by atoms with Crippen LogP contribution in [0.25, 0.3) is 0 Å². The number of hydrogen-bond donors (Lipinski definition) is 0. The van der Waals surface area contributed by atoms with Gasteiger partial charge in [-0.3, -0.25) is 4.79 Å². The molecule has 1 heterocycles. The number of benzene rings is 1. The molecule has 1 atom stereocenters. The molecule has 0 aliphatic carbocycles. The van der Waals surface area contributed by atoms with Gasteiger partial charge in [-0.25, -0.2) is 0 Å². The molecule has 0 bridgehead atoms. The van der Waals surface area contributed by atoms with E-state index >= 15 is 0 Å². The van der Waals surface area contributed by atoms with E-state index in [4.69, 9.17) is 4.74 Å². The van der Waals surface area contributed by atoms with Gasteiger partial charge >= 0.3 is 0 Å². The van der Waals surface area contributed by atoms with Gasteiger partial charge in [-0.05, 0) is 24.6 Å². The van der Waals surface area contributed by atoms with E-state index in [9.17, 15) is 4.79 Å². The third kappa shape index (κ3) is 3.30. The average molecular weight is 298 g/mol. The second kappa shape index (κ2) is 5.65. The first kappa shape index (κ1) is 12.6. The normalized spacial score (nSPS) is 20.4. The monoisotopic (exact) mass is 297 g/mol. The van der Waals surface area contributed by atoms with Crippen molar-refractivity contribution in [3.05, 3.63) is 34.3 Å². The summed E-state index contributed by atoms with van der Waals surface area (Å²) in [5.41, 5.74) is 1.05. The molecule has 0 aromatic heterocycles. The summed E-state index contributed by atoms with van der Waals surface area (Å²) < 4.78 is 6.36. The van der Waals surface area contributed by atoms with Crippen LogP contribution in [0.1, 0.15) is 12.5 Å². The zero-order valence-corrected chi connectivity index (χ0v) is 11.4. The molecule has 1 fully saturated rings. The molecule has 1 aromatic carbocycles. The summed E-state index contributed by atoms with van der Waals surface area (Å²) in [6.07, 6.45) is 0.470. The van der Waals surface area contributed by atoms with Crippen LogP contribution < -0.4 is 0 Å². The first-order valence-corrected chi connectivity index (χ1v) is 6.58. The number of carbonyl (C=O) groups excluding carboxylic acids is 1. The fourth-order valence-corrected chi connectivity index (χ4v) is 2.24. The highest BCUT2D eigenvalue weighted by atomic mass is 79.9. The SMILES string of the molecule is CC1COCCN1C(=O)Cc1ccc(Br)cc1. The van der Waals surface area contributed by atoms with Gasteiger partial charge in [0.1, 0.15) is 0 Å². The van der Waals surface area contributed by atoms with Gasteiger partial charge in [-0.1, -0.05) is 28.1 Å². The Labute approximate surface area is 110 Å². The number of morpholine rings is 1. The molecule has 0 spiro atoms. The average Bonchev–Trinajstić information content (AvgIpc) is 2.32. The highest BCUT2D eigenvalue weighted by molar-refractivity contribution is 9.10. The van der Waals surface area contributed by atoms with E-state index < -0.39 is 0 Å². The van der Waals surface area contributed by atoms with Crippen LogP contribution in [0.5, 0.6) is 0 Å². The van der Waals surface area contributed by atoms with Crippen molar-refractivity contribution in [1.82, 2.24) is 4.90 Å². The molecular formula is C13H16BrNO2. The van der Waals surface area contributed by atoms with Gasteiger partial charge in [0.25, 0.3) is 0 Å². The number of carbonyl (C=O) groups is 1. The molecule has 1 amide bonds. The summed E-state index contributed by atoms with van der Waals surface area (Å²) in [5, 5.41) is 0. The predicted molar refractivity (Wildman–Crippen MR) is 69.8 cm³/mol. The van der Waals surface area contributed by atoms with Crippen LogP contribution in [0.2, 0.25) is 0 Å². The van der Waals surface area contributed by atoms with E-state index in [0.29, 0.717) is 26.2 Å². The third-order valence-corrected chi connectivity index (χ3v) is 3.49. The van der Waals surface area contributed by atoms with E-state index in [2.05, 4.69) is 15.9 Å². The number of halogens is 1. The second-order valence-electron chi connectivity index (χ2n) is 4.31. The van der Waals surface area contributed by atoms with Gasteiger partial charge < -0.3 is 9.64 Å². The minimum atomic E-state index is 0.183. The van der Waals surface area contributed by atoms with Gasteiger partial charge in [0.05, 0.1) is 25.7 Å². The summed E-state index contributed by atoms with van der Waals surface area (Å²) >= 11 is 3.39. The number of nitrogens with zero attached hydrogens (tertiary/aromatic N) is 1. The van der Waals surface area contributed by atoms with Crippen molar-refractivity contribution in [2.75, 3.05) is 19.8 Å². The fourth-order valence-electron chi connectivity index (χ4n) is 1.98. The standard InChI is InChI=1S/C13H16BrNO2/c1-10-9-17-7-6-15(10)13(16)8-11-2-4-12(14)5-3-11/h2-5,10H,6-9H2,1H3. The minimum Gasteiger partial charge on any atom is -0.377 e. The Morgan fingerprint density at radius 2 is 2.18 bits per heavy atom. The third-order valence-electron chi connectivity index (χ3n) is 2.96. The van der Waals surface area contributed by atoms with Crippen molar-refractivity contribution < 1.29 is 9.53 Å². The van der Waals surface area contributed by atoms with Gasteiger partial charge in [-0.2, -0.15) is 0 Å². The Kier molecular flexibility index (Phi) is 4.18. The molecule has 1 aromatic rings. The number of hydrogen-bond acceptors (Lipinski definition) is 2. The molecule has 0 saturated carbocycles. The molecule has 1 aliphatic heterocycles. The fraction of sp³-hybridized carbons (Fsp3) is 0.462. The topological polar surface area (TPSA) is 29.5 Å². The summed E-state index contributed by atoms with van der Waals surface area (Å²) in [4.78, 5) is 14.0. The Morgan fingerprint density at radius 1 is 1.47 bits per heavy atom. The van der Waals surface area contributed by atoms with Gasteiger partial charge in [0.2, 0.25) is 5.91 Å². The smallest absolute Gasteiger partial charge is 0.227 e. The van der Waals surface area contributed by atoms with E-state index in [1.807, 2.05) is 36.1 Å². The van der Waals surface area contributed by atoms with Crippen LogP contribution in [0.15, 0.2) is 28.7 Å². The highest BCUT2D eigenvalue weighted by Gasteiger charge is 2.23. The van der Waals surface area contributed by atoms with E-state index in [-0.39, 0.29) is 11.9 Å². The van der Waals surface area contributed by atoms with Crippen molar-refractivity contribution in [3.63, 3.8) is 0 Å². The summed E-state index contributed by atoms with van der Waals surface area (Å²) in [6.45, 7) is 4.03. The summed E-state index contributed by atoms with van der Waals surface area (Å²) in [5.74, 6) is 0.183. The maximum absolute atomic E-state index is 12.1. The van der Waals surface area contributed by atoms with Crippen LogP contribution >= 0.6 is 15.9 Å². The first-order valence-electron chi connectivity index (χ1n) is 5.78. The second-order valence-corrected chi connectivity index (χ2v) is 5.23. The first-order chi connectivity index (χ1) is 8.16. The Balaban J connectivity index is 1.98. The van der Waals surface area contributed by atoms with E-state index in [0.717, 1.165) is 10.0 Å². The molecule has 2 rings (SSSR count). The Hall–Kier alpha value is -0.870. The van der Waals surface area contributed by atoms with Gasteiger partial charge in [0, 0.05) is 11.0 Å². The lowest BCUT2D eigenvalue weighted by atomic mass is 10.1. The van der Waals surface area contributed by atoms with Crippen molar-refractivity contribution in [1.29, 1.82) is 0 Å². The van der Waals surface area contributed by atoms with Crippen molar-refractivity contribution >= 4 is 21.8 Å². The van der Waals surface area contributed by atoms with Gasteiger partial charge in [0.15, 0.2) is 0 Å². The lowest BCUT2D eigenvalue weighted by molar-refractivity contribution is -0.138. The van der Waals surface area contributed by atoms with E-state index in [1.165, 1.54) is 0 Å². The quantitative estimate of drug-likeness (QED) is 0.838. The molecule has 1 unspecified atom stereocenters. The van der Waals surface area contributed by atoms with Crippen LogP contribution in [0, 0.1) is 0 Å². The highest BCUT2D eigenvalue weighted by Crippen LogP contribution is 2.13. The van der Waals surface area contributed by atoms with Crippen molar-refractivity contribution in [2.45, 2.75) is 19.4 Å².